The fourth-order valence-corrected chi connectivity index (χ4v) is 1.50. The second-order valence-corrected chi connectivity index (χ2v) is 3.57. The lowest BCUT2D eigenvalue weighted by Gasteiger charge is -2.03. The lowest BCUT2D eigenvalue weighted by Crippen LogP contribution is -2.09. The maximum atomic E-state index is 10.5. The van der Waals surface area contributed by atoms with E-state index in [1.807, 2.05) is 13.0 Å². The van der Waals surface area contributed by atoms with Crippen LogP contribution in [0.4, 0.5) is 5.88 Å². The van der Waals surface area contributed by atoms with E-state index in [1.165, 1.54) is 12.1 Å². The molecule has 0 bridgehead atoms. The van der Waals surface area contributed by atoms with Crippen molar-refractivity contribution in [3.8, 4) is 0 Å². The highest BCUT2D eigenvalue weighted by molar-refractivity contribution is 5.25. The first-order valence-electron chi connectivity index (χ1n) is 5.20. The van der Waals surface area contributed by atoms with Gasteiger partial charge in [-0.25, -0.2) is 0 Å². The van der Waals surface area contributed by atoms with Crippen LogP contribution >= 0.6 is 0 Å². The van der Waals surface area contributed by atoms with Gasteiger partial charge in [-0.1, -0.05) is 6.92 Å². The third-order valence-electron chi connectivity index (χ3n) is 2.44. The standard InChI is InChI=1S/C11H12N2O4/c1-2-7-3-4-8(16-7)11(12)9-5-6-10(17-9)13(14)15/h3-6,11H,2,12H2,1H3. The van der Waals surface area contributed by atoms with E-state index < -0.39 is 11.0 Å². The van der Waals surface area contributed by atoms with Crippen LogP contribution in [-0.4, -0.2) is 4.92 Å². The third-order valence-corrected chi connectivity index (χ3v) is 2.44. The first-order chi connectivity index (χ1) is 8.11. The van der Waals surface area contributed by atoms with Crippen molar-refractivity contribution in [2.45, 2.75) is 19.4 Å². The molecule has 17 heavy (non-hydrogen) atoms. The van der Waals surface area contributed by atoms with Gasteiger partial charge in [0.05, 0.1) is 6.07 Å². The Balaban J connectivity index is 2.23. The Morgan fingerprint density at radius 2 is 1.94 bits per heavy atom. The van der Waals surface area contributed by atoms with Crippen molar-refractivity contribution in [3.05, 3.63) is 51.7 Å². The third kappa shape index (κ3) is 2.21. The highest BCUT2D eigenvalue weighted by Gasteiger charge is 2.20. The second kappa shape index (κ2) is 4.42. The van der Waals surface area contributed by atoms with Crippen LogP contribution in [0.5, 0.6) is 0 Å². The summed E-state index contributed by atoms with van der Waals surface area (Å²) in [7, 11) is 0. The van der Waals surface area contributed by atoms with Gasteiger partial charge in [-0.3, -0.25) is 10.1 Å². The van der Waals surface area contributed by atoms with Gasteiger partial charge in [0.15, 0.2) is 0 Å². The number of nitro groups is 1. The van der Waals surface area contributed by atoms with Crippen molar-refractivity contribution >= 4 is 5.88 Å². The van der Waals surface area contributed by atoms with Crippen LogP contribution in [0.2, 0.25) is 0 Å². The molecule has 0 amide bonds. The van der Waals surface area contributed by atoms with Gasteiger partial charge in [0.2, 0.25) is 0 Å². The smallest absolute Gasteiger partial charge is 0.433 e. The Labute approximate surface area is 97.2 Å². The molecule has 0 aromatic carbocycles. The van der Waals surface area contributed by atoms with E-state index in [1.54, 1.807) is 6.07 Å². The zero-order valence-corrected chi connectivity index (χ0v) is 9.25. The predicted octanol–water partition coefficient (Wildman–Crippen LogP) is 2.39. The Morgan fingerprint density at radius 1 is 1.29 bits per heavy atom. The number of hydrogen-bond donors (Lipinski definition) is 1. The molecule has 0 spiro atoms. The van der Waals surface area contributed by atoms with Crippen LogP contribution in [0, 0.1) is 10.1 Å². The van der Waals surface area contributed by atoms with Crippen LogP contribution in [0.25, 0.3) is 0 Å². The molecule has 1 atom stereocenters. The second-order valence-electron chi connectivity index (χ2n) is 3.57. The summed E-state index contributed by atoms with van der Waals surface area (Å²) >= 11 is 0. The minimum Gasteiger partial charge on any atom is -0.464 e. The minimum absolute atomic E-state index is 0.314. The predicted molar refractivity (Wildman–Crippen MR) is 59.5 cm³/mol. The van der Waals surface area contributed by atoms with Crippen LogP contribution in [0.3, 0.4) is 0 Å². The van der Waals surface area contributed by atoms with Crippen molar-refractivity contribution in [1.82, 2.24) is 0 Å². The summed E-state index contributed by atoms with van der Waals surface area (Å²) in [5.41, 5.74) is 5.89. The molecule has 6 nitrogen and oxygen atoms in total. The summed E-state index contributed by atoms with van der Waals surface area (Å²) in [6.45, 7) is 1.96. The molecule has 0 saturated carbocycles. The molecule has 6 heteroatoms. The molecule has 0 fully saturated rings. The molecular formula is C11H12N2O4. The van der Waals surface area contributed by atoms with Gasteiger partial charge < -0.3 is 14.6 Å². The minimum atomic E-state index is -0.621. The summed E-state index contributed by atoms with van der Waals surface area (Å²) in [4.78, 5) is 9.87. The lowest BCUT2D eigenvalue weighted by atomic mass is 10.2. The molecular weight excluding hydrogens is 224 g/mol. The number of nitrogens with zero attached hydrogens (tertiary/aromatic N) is 1. The Morgan fingerprint density at radius 3 is 2.47 bits per heavy atom. The normalized spacial score (nSPS) is 12.6. The number of rotatable bonds is 4. The molecule has 2 aromatic rings. The molecule has 0 aliphatic heterocycles. The van der Waals surface area contributed by atoms with Gasteiger partial charge in [-0.15, -0.1) is 0 Å². The van der Waals surface area contributed by atoms with Crippen molar-refractivity contribution in [1.29, 1.82) is 0 Å². The first-order valence-corrected chi connectivity index (χ1v) is 5.20. The first kappa shape index (κ1) is 11.4. The molecule has 0 aliphatic carbocycles. The maximum absolute atomic E-state index is 10.5. The van der Waals surface area contributed by atoms with Gasteiger partial charge in [0, 0.05) is 6.42 Å². The van der Waals surface area contributed by atoms with Crippen molar-refractivity contribution in [3.63, 3.8) is 0 Å². The fraction of sp³-hybridized carbons (Fsp3) is 0.273. The van der Waals surface area contributed by atoms with E-state index in [0.29, 0.717) is 11.5 Å². The average Bonchev–Trinajstić information content (AvgIpc) is 2.97. The number of nitrogens with two attached hydrogens (primary N) is 1. The molecule has 0 aliphatic rings. The quantitative estimate of drug-likeness (QED) is 0.649. The Bertz CT molecular complexity index is 529. The highest BCUT2D eigenvalue weighted by atomic mass is 16.6. The van der Waals surface area contributed by atoms with E-state index in [4.69, 9.17) is 14.6 Å². The topological polar surface area (TPSA) is 95.4 Å². The van der Waals surface area contributed by atoms with E-state index in [9.17, 15) is 10.1 Å². The van der Waals surface area contributed by atoms with Crippen LogP contribution in [0.15, 0.2) is 33.1 Å². The summed E-state index contributed by atoms with van der Waals surface area (Å²) in [6.07, 6.45) is 0.769. The zero-order chi connectivity index (χ0) is 12.4. The molecule has 0 radical (unpaired) electrons. The highest BCUT2D eigenvalue weighted by Crippen LogP contribution is 2.26. The SMILES string of the molecule is CCc1ccc(C(N)c2ccc([N+](=O)[O-])o2)o1. The van der Waals surface area contributed by atoms with Gasteiger partial charge >= 0.3 is 5.88 Å². The average molecular weight is 236 g/mol. The largest absolute Gasteiger partial charge is 0.464 e. The summed E-state index contributed by atoms with van der Waals surface area (Å²) in [5, 5.41) is 10.5. The van der Waals surface area contributed by atoms with E-state index in [0.717, 1.165) is 12.2 Å². The molecule has 1 unspecified atom stereocenters. The molecule has 2 heterocycles. The van der Waals surface area contributed by atoms with Gasteiger partial charge in [-0.2, -0.15) is 0 Å². The monoisotopic (exact) mass is 236 g/mol. The summed E-state index contributed by atoms with van der Waals surface area (Å²) in [6, 6.07) is 5.71. The Hall–Kier alpha value is -2.08. The van der Waals surface area contributed by atoms with Crippen LogP contribution in [0.1, 0.15) is 30.2 Å². The Kier molecular flexibility index (Phi) is 2.97. The molecule has 90 valence electrons. The fourth-order valence-electron chi connectivity index (χ4n) is 1.50. The maximum Gasteiger partial charge on any atom is 0.433 e. The van der Waals surface area contributed by atoms with Gasteiger partial charge in [-0.05, 0) is 18.2 Å². The van der Waals surface area contributed by atoms with Gasteiger partial charge in [0.1, 0.15) is 28.2 Å². The van der Waals surface area contributed by atoms with E-state index >= 15 is 0 Å². The zero-order valence-electron chi connectivity index (χ0n) is 9.25. The van der Waals surface area contributed by atoms with E-state index in [-0.39, 0.29) is 5.88 Å². The van der Waals surface area contributed by atoms with Crippen LogP contribution < -0.4 is 5.73 Å². The van der Waals surface area contributed by atoms with E-state index in [2.05, 4.69) is 0 Å². The van der Waals surface area contributed by atoms with Crippen molar-refractivity contribution < 1.29 is 13.8 Å². The molecule has 2 N–H and O–H groups in total. The summed E-state index contributed by atoms with van der Waals surface area (Å²) in [5.74, 6) is 1.34. The number of hydrogen-bond acceptors (Lipinski definition) is 5. The lowest BCUT2D eigenvalue weighted by molar-refractivity contribution is -0.402. The number of furan rings is 2. The van der Waals surface area contributed by atoms with Crippen molar-refractivity contribution in [2.24, 2.45) is 5.73 Å². The van der Waals surface area contributed by atoms with Gasteiger partial charge in [0.25, 0.3) is 0 Å². The molecule has 2 rings (SSSR count). The van der Waals surface area contributed by atoms with Crippen LogP contribution in [-0.2, 0) is 6.42 Å². The molecule has 0 saturated heterocycles. The molecule has 2 aromatic heterocycles. The van der Waals surface area contributed by atoms with Crippen molar-refractivity contribution in [2.75, 3.05) is 0 Å². The number of aryl methyl sites for hydroxylation is 1. The summed E-state index contributed by atoms with van der Waals surface area (Å²) < 4.78 is 10.5.